The van der Waals surface area contributed by atoms with Crippen molar-refractivity contribution in [2.45, 2.75) is 156 Å². The molecule has 4 amide bonds. The van der Waals surface area contributed by atoms with Crippen LogP contribution in [0.1, 0.15) is 107 Å². The molecule has 14 heteroatoms. The van der Waals surface area contributed by atoms with E-state index in [1.54, 1.807) is 72.0 Å². The molecule has 1 spiro atoms. The van der Waals surface area contributed by atoms with Crippen molar-refractivity contribution in [2.24, 2.45) is 29.1 Å². The smallest absolute Gasteiger partial charge is 0.329 e. The van der Waals surface area contributed by atoms with E-state index >= 15 is 0 Å². The van der Waals surface area contributed by atoms with E-state index < -0.39 is 71.6 Å². The molecule has 1 aromatic carbocycles. The maximum absolute atomic E-state index is 14.8. The molecule has 1 heterocycles. The molecule has 3 rings (SSSR count). The number of amides is 4. The lowest BCUT2D eigenvalue weighted by molar-refractivity contribution is -0.159. The zero-order chi connectivity index (χ0) is 44.6. The summed E-state index contributed by atoms with van der Waals surface area (Å²) in [5.74, 6) is -3.43. The third-order valence-corrected chi connectivity index (χ3v) is 12.3. The monoisotopic (exact) mass is 832 g/mol. The fourth-order valence-electron chi connectivity index (χ4n) is 8.56. The summed E-state index contributed by atoms with van der Waals surface area (Å²) in [4.78, 5) is 73.0. The summed E-state index contributed by atoms with van der Waals surface area (Å²) in [5.41, 5.74) is -0.659. The van der Waals surface area contributed by atoms with Crippen molar-refractivity contribution in [1.82, 2.24) is 25.8 Å². The SMILES string of the molecule is CC[C@H](C)C(C(CC(=O)N1CC2(CC2)C[C@H]1[C@H](OC)[C@@H](C)C(=O)N[C@@H](Cc1ccccc1F)C(=O)OC(C)(C)C)OC)N(C)C(=O)[C@@H](NC(=O)[C@@H](NC)C(C)C)C(C)C. The third-order valence-electron chi connectivity index (χ3n) is 12.3. The molecule has 9 atom stereocenters. The second kappa shape index (κ2) is 21.3. The van der Waals surface area contributed by atoms with Crippen LogP contribution in [-0.2, 0) is 44.6 Å². The zero-order valence-corrected chi connectivity index (χ0v) is 38.1. The van der Waals surface area contributed by atoms with E-state index in [0.717, 1.165) is 12.8 Å². The predicted octanol–water partition coefficient (Wildman–Crippen LogP) is 4.89. The molecular formula is C45H74FN5O8. The topological polar surface area (TPSA) is 156 Å². The molecule has 1 aliphatic heterocycles. The molecule has 2 unspecified atom stereocenters. The van der Waals surface area contributed by atoms with Crippen LogP contribution >= 0.6 is 0 Å². The van der Waals surface area contributed by atoms with Gasteiger partial charge in [0, 0.05) is 34.2 Å². The summed E-state index contributed by atoms with van der Waals surface area (Å²) in [6.45, 7) is 19.1. The number of methoxy groups -OCH3 is 2. The number of carbonyl (C=O) groups excluding carboxylic acids is 5. The molecule has 13 nitrogen and oxygen atoms in total. The van der Waals surface area contributed by atoms with Crippen molar-refractivity contribution >= 4 is 29.6 Å². The van der Waals surface area contributed by atoms with Gasteiger partial charge in [0.2, 0.25) is 23.6 Å². The molecule has 2 aliphatic rings. The Morgan fingerprint density at radius 3 is 2.03 bits per heavy atom. The van der Waals surface area contributed by atoms with Crippen molar-refractivity contribution in [3.8, 4) is 0 Å². The number of halogens is 1. The number of nitrogens with one attached hydrogen (secondary N) is 3. The van der Waals surface area contributed by atoms with Gasteiger partial charge in [-0.2, -0.15) is 0 Å². The van der Waals surface area contributed by atoms with E-state index in [2.05, 4.69) is 16.0 Å². The Bertz CT molecular complexity index is 1600. The lowest BCUT2D eigenvalue weighted by Crippen LogP contribution is -2.59. The van der Waals surface area contributed by atoms with Gasteiger partial charge < -0.3 is 40.0 Å². The first-order valence-electron chi connectivity index (χ1n) is 21.4. The number of hydrogen-bond acceptors (Lipinski definition) is 9. The maximum atomic E-state index is 14.8. The van der Waals surface area contributed by atoms with Gasteiger partial charge in [-0.25, -0.2) is 9.18 Å². The first-order chi connectivity index (χ1) is 27.5. The quantitative estimate of drug-likeness (QED) is 0.147. The standard InChI is InChI=1S/C45H74FN5O8/c1-15-28(6)38(50(12)42(55)37(27(4)5)49-41(54)36(47-11)26(2)3)34(57-13)23-35(52)51-25-45(20-21-45)24-33(51)39(58-14)29(7)40(53)48-32(43(56)59-44(8,9)10)22-30-18-16-17-19-31(30)46/h16-19,26-29,32-34,36-39,47H,15,20-25H2,1-14H3,(H,48,53)(H,49,54)/t28-,29+,32-,33-,34?,36-,37-,38?,39+/m0/s1. The normalized spacial score (nSPS) is 20.3. The van der Waals surface area contributed by atoms with Crippen LogP contribution in [0, 0.1) is 34.9 Å². The van der Waals surface area contributed by atoms with Gasteiger partial charge in [0.1, 0.15) is 23.5 Å². The van der Waals surface area contributed by atoms with Crippen LogP contribution in [0.3, 0.4) is 0 Å². The van der Waals surface area contributed by atoms with Crippen LogP contribution in [0.5, 0.6) is 0 Å². The zero-order valence-electron chi connectivity index (χ0n) is 38.1. The Balaban J connectivity index is 1.87. The van der Waals surface area contributed by atoms with Gasteiger partial charge in [-0.05, 0) is 81.9 Å². The molecule has 3 N–H and O–H groups in total. The largest absolute Gasteiger partial charge is 0.458 e. The number of nitrogens with zero attached hydrogens (tertiary/aromatic N) is 2. The Morgan fingerprint density at radius 1 is 0.932 bits per heavy atom. The van der Waals surface area contributed by atoms with Gasteiger partial charge in [-0.15, -0.1) is 0 Å². The summed E-state index contributed by atoms with van der Waals surface area (Å²) in [5, 5.41) is 8.86. The molecule has 59 heavy (non-hydrogen) atoms. The molecule has 334 valence electrons. The highest BCUT2D eigenvalue weighted by molar-refractivity contribution is 5.90. The Kier molecular flexibility index (Phi) is 17.9. The highest BCUT2D eigenvalue weighted by Gasteiger charge is 2.56. The average Bonchev–Trinajstić information content (AvgIpc) is 3.82. The highest BCUT2D eigenvalue weighted by atomic mass is 19.1. The Morgan fingerprint density at radius 2 is 1.54 bits per heavy atom. The lowest BCUT2D eigenvalue weighted by Gasteiger charge is -2.41. The van der Waals surface area contributed by atoms with Crippen LogP contribution < -0.4 is 16.0 Å². The summed E-state index contributed by atoms with van der Waals surface area (Å²) in [6, 6.07) is 2.71. The van der Waals surface area contributed by atoms with Gasteiger partial charge in [0.05, 0.1) is 42.7 Å². The van der Waals surface area contributed by atoms with E-state index in [0.29, 0.717) is 19.4 Å². The van der Waals surface area contributed by atoms with E-state index in [-0.39, 0.29) is 59.3 Å². The first kappa shape index (κ1) is 49.7. The summed E-state index contributed by atoms with van der Waals surface area (Å²) in [7, 11) is 6.50. The third kappa shape index (κ3) is 12.9. The highest BCUT2D eigenvalue weighted by Crippen LogP contribution is 2.56. The van der Waals surface area contributed by atoms with Gasteiger partial charge in [0.25, 0.3) is 0 Å². The van der Waals surface area contributed by atoms with Crippen LogP contribution in [0.2, 0.25) is 0 Å². The molecule has 0 radical (unpaired) electrons. The lowest BCUT2D eigenvalue weighted by atomic mass is 9.89. The molecule has 1 saturated heterocycles. The first-order valence-corrected chi connectivity index (χ1v) is 21.4. The number of ether oxygens (including phenoxy) is 3. The van der Waals surface area contributed by atoms with Crippen molar-refractivity contribution in [1.29, 1.82) is 0 Å². The number of likely N-dealkylation sites (tertiary alicyclic amines) is 1. The van der Waals surface area contributed by atoms with Gasteiger partial charge in [0.15, 0.2) is 0 Å². The number of hydrogen-bond donors (Lipinski definition) is 3. The molecule has 1 aliphatic carbocycles. The Labute approximate surface area is 352 Å². The minimum Gasteiger partial charge on any atom is -0.458 e. The fraction of sp³-hybridized carbons (Fsp3) is 0.756. The summed E-state index contributed by atoms with van der Waals surface area (Å²) < 4.78 is 32.5. The van der Waals surface area contributed by atoms with Crippen molar-refractivity contribution in [3.63, 3.8) is 0 Å². The summed E-state index contributed by atoms with van der Waals surface area (Å²) >= 11 is 0. The molecule has 1 aromatic rings. The van der Waals surface area contributed by atoms with E-state index in [1.807, 2.05) is 46.4 Å². The molecule has 0 bridgehead atoms. The predicted molar refractivity (Wildman–Crippen MR) is 226 cm³/mol. The van der Waals surface area contributed by atoms with E-state index in [1.165, 1.54) is 13.2 Å². The van der Waals surface area contributed by atoms with Crippen molar-refractivity contribution in [3.05, 3.63) is 35.6 Å². The maximum Gasteiger partial charge on any atom is 0.329 e. The van der Waals surface area contributed by atoms with E-state index in [9.17, 15) is 28.4 Å². The van der Waals surface area contributed by atoms with Crippen LogP contribution in [0.4, 0.5) is 4.39 Å². The molecular weight excluding hydrogens is 758 g/mol. The van der Waals surface area contributed by atoms with Crippen molar-refractivity contribution < 1.29 is 42.6 Å². The second-order valence-electron chi connectivity index (χ2n) is 18.7. The number of benzene rings is 1. The molecule has 2 fully saturated rings. The van der Waals surface area contributed by atoms with Gasteiger partial charge >= 0.3 is 5.97 Å². The fourth-order valence-corrected chi connectivity index (χ4v) is 8.56. The van der Waals surface area contributed by atoms with Crippen molar-refractivity contribution in [2.75, 3.05) is 34.9 Å². The van der Waals surface area contributed by atoms with Gasteiger partial charge in [-0.1, -0.05) is 73.1 Å². The van der Waals surface area contributed by atoms with Gasteiger partial charge in [-0.3, -0.25) is 19.2 Å². The Hall–Kier alpha value is -3.62. The number of likely N-dealkylation sites (N-methyl/N-ethyl adjacent to an activating group) is 2. The van der Waals surface area contributed by atoms with Crippen LogP contribution in [-0.4, -0.2) is 122 Å². The van der Waals surface area contributed by atoms with Crippen LogP contribution in [0.25, 0.3) is 0 Å². The minimum absolute atomic E-state index is 0.0105. The van der Waals surface area contributed by atoms with E-state index in [4.69, 9.17) is 14.2 Å². The number of esters is 1. The molecule has 0 aromatic heterocycles. The van der Waals surface area contributed by atoms with Crippen LogP contribution in [0.15, 0.2) is 24.3 Å². The molecule has 1 saturated carbocycles. The number of carbonyl (C=O) groups is 5. The summed E-state index contributed by atoms with van der Waals surface area (Å²) in [6.07, 6.45) is 1.70. The minimum atomic E-state index is -1.17. The second-order valence-corrected chi connectivity index (χ2v) is 18.7. The number of rotatable bonds is 21. The average molecular weight is 832 g/mol.